The van der Waals surface area contributed by atoms with E-state index < -0.39 is 0 Å². The summed E-state index contributed by atoms with van der Waals surface area (Å²) in [7, 11) is 1.78. The molecule has 2 nitrogen and oxygen atoms in total. The lowest BCUT2D eigenvalue weighted by atomic mass is 9.83. The predicted molar refractivity (Wildman–Crippen MR) is 69.6 cm³/mol. The molecular formula is C14H27NO. The summed E-state index contributed by atoms with van der Waals surface area (Å²) < 4.78 is 5.40. The fourth-order valence-corrected chi connectivity index (χ4v) is 2.49. The van der Waals surface area contributed by atoms with Gasteiger partial charge in [-0.15, -0.1) is 0 Å². The zero-order valence-corrected chi connectivity index (χ0v) is 11.5. The molecule has 16 heavy (non-hydrogen) atoms. The van der Waals surface area contributed by atoms with E-state index >= 15 is 0 Å². The Bertz CT molecular complexity index is 245. The summed E-state index contributed by atoms with van der Waals surface area (Å²) >= 11 is 0. The number of ether oxygens (including phenoxy) is 1. The number of rotatable bonds is 5. The molecule has 1 rings (SSSR count). The van der Waals surface area contributed by atoms with Gasteiger partial charge in [-0.1, -0.05) is 18.6 Å². The molecule has 0 saturated heterocycles. The van der Waals surface area contributed by atoms with E-state index in [2.05, 4.69) is 39.1 Å². The first-order chi connectivity index (χ1) is 7.43. The summed E-state index contributed by atoms with van der Waals surface area (Å²) in [4.78, 5) is 0. The van der Waals surface area contributed by atoms with Gasteiger partial charge >= 0.3 is 0 Å². The standard InChI is InChI=1S/C14H27NO/c1-11-6-12(2)8-13(7-11)9-15-10-14(3,4)16-5/h6,11,13,15H,7-10H2,1-5H3. The van der Waals surface area contributed by atoms with Crippen LogP contribution < -0.4 is 5.32 Å². The van der Waals surface area contributed by atoms with Gasteiger partial charge in [-0.05, 0) is 52.0 Å². The van der Waals surface area contributed by atoms with Gasteiger partial charge in [-0.25, -0.2) is 0 Å². The largest absolute Gasteiger partial charge is 0.377 e. The molecule has 1 aliphatic rings. The summed E-state index contributed by atoms with van der Waals surface area (Å²) in [6, 6.07) is 0. The van der Waals surface area contributed by atoms with E-state index in [1.807, 2.05) is 0 Å². The molecule has 0 aromatic rings. The van der Waals surface area contributed by atoms with Crippen molar-refractivity contribution in [3.8, 4) is 0 Å². The average Bonchev–Trinajstić information content (AvgIpc) is 2.16. The Morgan fingerprint density at radius 2 is 2.19 bits per heavy atom. The molecule has 94 valence electrons. The fourth-order valence-electron chi connectivity index (χ4n) is 2.49. The number of methoxy groups -OCH3 is 1. The average molecular weight is 225 g/mol. The number of hydrogen-bond acceptors (Lipinski definition) is 2. The van der Waals surface area contributed by atoms with Gasteiger partial charge < -0.3 is 10.1 Å². The highest BCUT2D eigenvalue weighted by molar-refractivity contribution is 5.06. The van der Waals surface area contributed by atoms with Crippen molar-refractivity contribution in [3.05, 3.63) is 11.6 Å². The molecule has 0 aromatic carbocycles. The van der Waals surface area contributed by atoms with Crippen molar-refractivity contribution in [1.82, 2.24) is 5.32 Å². The minimum Gasteiger partial charge on any atom is -0.377 e. The normalized spacial score (nSPS) is 26.7. The van der Waals surface area contributed by atoms with Crippen LogP contribution in [-0.4, -0.2) is 25.8 Å². The summed E-state index contributed by atoms with van der Waals surface area (Å²) in [6.07, 6.45) is 4.98. The molecule has 1 aliphatic carbocycles. The molecule has 0 amide bonds. The number of allylic oxidation sites excluding steroid dienone is 2. The van der Waals surface area contributed by atoms with E-state index in [9.17, 15) is 0 Å². The van der Waals surface area contributed by atoms with E-state index in [-0.39, 0.29) is 5.60 Å². The number of hydrogen-bond donors (Lipinski definition) is 1. The van der Waals surface area contributed by atoms with Gasteiger partial charge in [-0.2, -0.15) is 0 Å². The lowest BCUT2D eigenvalue weighted by molar-refractivity contribution is 0.0225. The fraction of sp³-hybridized carbons (Fsp3) is 0.857. The Morgan fingerprint density at radius 3 is 2.75 bits per heavy atom. The lowest BCUT2D eigenvalue weighted by Crippen LogP contribution is -2.39. The molecule has 0 aromatic heterocycles. The Kier molecular flexibility index (Phi) is 5.00. The topological polar surface area (TPSA) is 21.3 Å². The van der Waals surface area contributed by atoms with Gasteiger partial charge in [0.25, 0.3) is 0 Å². The molecule has 0 bridgehead atoms. The van der Waals surface area contributed by atoms with Crippen LogP contribution in [0.15, 0.2) is 11.6 Å². The van der Waals surface area contributed by atoms with E-state index in [0.717, 1.165) is 24.9 Å². The summed E-state index contributed by atoms with van der Waals surface area (Å²) in [5, 5.41) is 3.54. The SMILES string of the molecule is COC(C)(C)CNCC1CC(C)=CC(C)C1. The third-order valence-electron chi connectivity index (χ3n) is 3.42. The highest BCUT2D eigenvalue weighted by atomic mass is 16.5. The quantitative estimate of drug-likeness (QED) is 0.726. The summed E-state index contributed by atoms with van der Waals surface area (Å²) in [6.45, 7) is 10.8. The summed E-state index contributed by atoms with van der Waals surface area (Å²) in [5.74, 6) is 1.55. The van der Waals surface area contributed by atoms with Crippen molar-refractivity contribution in [2.75, 3.05) is 20.2 Å². The second-order valence-corrected chi connectivity index (χ2v) is 5.89. The maximum absolute atomic E-state index is 5.40. The van der Waals surface area contributed by atoms with Crippen molar-refractivity contribution in [2.45, 2.75) is 46.1 Å². The molecule has 1 N–H and O–H groups in total. The molecule has 0 saturated carbocycles. The first-order valence-corrected chi connectivity index (χ1v) is 6.36. The van der Waals surface area contributed by atoms with Crippen LogP contribution in [0.4, 0.5) is 0 Å². The van der Waals surface area contributed by atoms with Gasteiger partial charge in [-0.3, -0.25) is 0 Å². The minimum absolute atomic E-state index is 0.0504. The van der Waals surface area contributed by atoms with Crippen LogP contribution in [0.25, 0.3) is 0 Å². The monoisotopic (exact) mass is 225 g/mol. The first kappa shape index (κ1) is 13.7. The molecule has 0 fully saturated rings. The van der Waals surface area contributed by atoms with Crippen molar-refractivity contribution in [1.29, 1.82) is 0 Å². The van der Waals surface area contributed by atoms with Crippen molar-refractivity contribution in [3.63, 3.8) is 0 Å². The predicted octanol–water partition coefficient (Wildman–Crippen LogP) is 2.99. The highest BCUT2D eigenvalue weighted by Gasteiger charge is 2.20. The molecule has 2 unspecified atom stereocenters. The second-order valence-electron chi connectivity index (χ2n) is 5.89. The maximum Gasteiger partial charge on any atom is 0.0746 e. The minimum atomic E-state index is -0.0504. The molecule has 0 heterocycles. The lowest BCUT2D eigenvalue weighted by Gasteiger charge is -2.28. The Balaban J connectivity index is 2.27. The highest BCUT2D eigenvalue weighted by Crippen LogP contribution is 2.27. The molecule has 0 aliphatic heterocycles. The van der Waals surface area contributed by atoms with E-state index in [1.165, 1.54) is 12.8 Å². The smallest absolute Gasteiger partial charge is 0.0746 e. The van der Waals surface area contributed by atoms with Gasteiger partial charge in [0.1, 0.15) is 0 Å². The molecule has 0 spiro atoms. The molecular weight excluding hydrogens is 198 g/mol. The van der Waals surface area contributed by atoms with Crippen molar-refractivity contribution < 1.29 is 4.74 Å². The Hall–Kier alpha value is -0.340. The van der Waals surface area contributed by atoms with Crippen LogP contribution in [0.1, 0.15) is 40.5 Å². The van der Waals surface area contributed by atoms with Gasteiger partial charge in [0.05, 0.1) is 5.60 Å². The van der Waals surface area contributed by atoms with E-state index in [4.69, 9.17) is 4.74 Å². The second kappa shape index (κ2) is 5.83. The van der Waals surface area contributed by atoms with Gasteiger partial charge in [0.15, 0.2) is 0 Å². The summed E-state index contributed by atoms with van der Waals surface area (Å²) in [5.41, 5.74) is 1.50. The van der Waals surface area contributed by atoms with Crippen LogP contribution in [0.2, 0.25) is 0 Å². The third-order valence-corrected chi connectivity index (χ3v) is 3.42. The Morgan fingerprint density at radius 1 is 1.50 bits per heavy atom. The molecule has 2 atom stereocenters. The zero-order valence-electron chi connectivity index (χ0n) is 11.5. The third kappa shape index (κ3) is 4.67. The first-order valence-electron chi connectivity index (χ1n) is 6.36. The van der Waals surface area contributed by atoms with E-state index in [1.54, 1.807) is 12.7 Å². The van der Waals surface area contributed by atoms with E-state index in [0.29, 0.717) is 0 Å². The van der Waals surface area contributed by atoms with Crippen LogP contribution in [0.3, 0.4) is 0 Å². The van der Waals surface area contributed by atoms with Gasteiger partial charge in [0, 0.05) is 13.7 Å². The zero-order chi connectivity index (χ0) is 12.2. The van der Waals surface area contributed by atoms with Crippen LogP contribution in [0, 0.1) is 11.8 Å². The Labute approximate surface area is 100 Å². The van der Waals surface area contributed by atoms with Crippen molar-refractivity contribution >= 4 is 0 Å². The number of nitrogens with one attached hydrogen (secondary N) is 1. The van der Waals surface area contributed by atoms with Crippen molar-refractivity contribution in [2.24, 2.45) is 11.8 Å². The molecule has 2 heteroatoms. The van der Waals surface area contributed by atoms with Crippen LogP contribution in [-0.2, 0) is 4.74 Å². The van der Waals surface area contributed by atoms with Crippen LogP contribution >= 0.6 is 0 Å². The maximum atomic E-state index is 5.40. The molecule has 0 radical (unpaired) electrons. The van der Waals surface area contributed by atoms with Gasteiger partial charge in [0.2, 0.25) is 0 Å². The van der Waals surface area contributed by atoms with Crippen LogP contribution in [0.5, 0.6) is 0 Å².